The quantitative estimate of drug-likeness (QED) is 0.486. The van der Waals surface area contributed by atoms with Crippen molar-refractivity contribution in [2.45, 2.75) is 68.0 Å². The molecule has 1 aliphatic carbocycles. The summed E-state index contributed by atoms with van der Waals surface area (Å²) in [7, 11) is 0. The normalized spacial score (nSPS) is 25.9. The summed E-state index contributed by atoms with van der Waals surface area (Å²) in [6, 6.07) is 10.6. The number of fused-ring (bicyclic) bond motifs is 1. The van der Waals surface area contributed by atoms with Gasteiger partial charge in [0.2, 0.25) is 0 Å². The monoisotopic (exact) mass is 481 g/mol. The maximum atomic E-state index is 6.11. The summed E-state index contributed by atoms with van der Waals surface area (Å²) in [6.07, 6.45) is 8.44. The van der Waals surface area contributed by atoms with E-state index in [0.29, 0.717) is 12.6 Å². The van der Waals surface area contributed by atoms with Gasteiger partial charge >= 0.3 is 160 Å². The molecule has 0 bridgehead atoms. The van der Waals surface area contributed by atoms with E-state index in [1.54, 1.807) is 0 Å². The van der Waals surface area contributed by atoms with Gasteiger partial charge in [-0.1, -0.05) is 5.56 Å². The van der Waals surface area contributed by atoms with Crippen molar-refractivity contribution in [3.63, 3.8) is 0 Å². The number of aryl methyl sites for hydroxylation is 1. The summed E-state index contributed by atoms with van der Waals surface area (Å²) in [4.78, 5) is 7.92. The summed E-state index contributed by atoms with van der Waals surface area (Å²) in [5, 5.41) is 1.36. The van der Waals surface area contributed by atoms with Crippen molar-refractivity contribution in [2.24, 2.45) is 5.73 Å². The molecule has 2 aliphatic rings. The van der Waals surface area contributed by atoms with Crippen LogP contribution in [0.5, 0.6) is 0 Å². The molecule has 0 unspecified atom stereocenters. The van der Waals surface area contributed by atoms with Gasteiger partial charge in [-0.25, -0.2) is 0 Å². The first-order chi connectivity index (χ1) is 13.1. The number of nitrogens with zero attached hydrogens (tertiary/aromatic N) is 2. The standard InChI is InChI=1S/C23H36IN3/c1-17-4-9-23-18(14-17)15-22(16-25)27(23)21-10-12-26(13-11-21)20-7-5-19(6-8-20)24(2)3/h4,9,14-15,19-21H,5-8,10-13,16,25H2,1-3H3. The van der Waals surface area contributed by atoms with Crippen LogP contribution in [0.1, 0.15) is 55.8 Å². The zero-order valence-electron chi connectivity index (χ0n) is 17.3. The summed E-state index contributed by atoms with van der Waals surface area (Å²) in [6.45, 7) is 5.33. The number of hydrogen-bond acceptors (Lipinski definition) is 2. The van der Waals surface area contributed by atoms with Crippen LogP contribution in [0.3, 0.4) is 0 Å². The van der Waals surface area contributed by atoms with Crippen molar-refractivity contribution in [1.82, 2.24) is 9.47 Å². The van der Waals surface area contributed by atoms with Crippen LogP contribution < -0.4 is 5.73 Å². The first-order valence-electron chi connectivity index (χ1n) is 10.6. The van der Waals surface area contributed by atoms with Crippen LogP contribution in [0.15, 0.2) is 24.3 Å². The number of piperidine rings is 1. The second kappa shape index (κ2) is 8.42. The van der Waals surface area contributed by atoms with E-state index in [-0.39, 0.29) is 0 Å². The van der Waals surface area contributed by atoms with E-state index in [0.717, 1.165) is 9.97 Å². The molecule has 0 amide bonds. The molecule has 1 aromatic heterocycles. The summed E-state index contributed by atoms with van der Waals surface area (Å²) in [5.74, 6) is 0. The average Bonchev–Trinajstić information content (AvgIpc) is 3.05. The molecule has 2 heterocycles. The minimum atomic E-state index is -0.602. The number of hydrogen-bond donors (Lipinski definition) is 1. The van der Waals surface area contributed by atoms with Crippen molar-refractivity contribution < 1.29 is 0 Å². The van der Waals surface area contributed by atoms with E-state index in [1.807, 2.05) is 0 Å². The summed E-state index contributed by atoms with van der Waals surface area (Å²) >= 11 is -0.602. The number of nitrogens with two attached hydrogens (primary N) is 1. The predicted octanol–water partition coefficient (Wildman–Crippen LogP) is 5.12. The second-order valence-electron chi connectivity index (χ2n) is 8.76. The number of likely N-dealkylation sites (tertiary alicyclic amines) is 1. The zero-order valence-corrected chi connectivity index (χ0v) is 19.4. The van der Waals surface area contributed by atoms with E-state index >= 15 is 0 Å². The molecule has 0 radical (unpaired) electrons. The molecule has 2 aromatic rings. The summed E-state index contributed by atoms with van der Waals surface area (Å²) < 4.78 is 3.68. The SMILES string of the molecule is Cc1ccc2c(c1)cc(CN)n2C1CCN(C2CCC(I(C)C)CC2)CC1. The maximum absolute atomic E-state index is 6.11. The molecule has 1 saturated carbocycles. The van der Waals surface area contributed by atoms with Gasteiger partial charge in [0, 0.05) is 0 Å². The van der Waals surface area contributed by atoms with E-state index in [2.05, 4.69) is 50.5 Å². The predicted molar refractivity (Wildman–Crippen MR) is 126 cm³/mol. The van der Waals surface area contributed by atoms with Gasteiger partial charge in [0.1, 0.15) is 0 Å². The fourth-order valence-corrected chi connectivity index (χ4v) is 8.56. The van der Waals surface area contributed by atoms with Crippen molar-refractivity contribution >= 4 is 30.7 Å². The van der Waals surface area contributed by atoms with Crippen LogP contribution in [0.2, 0.25) is 0 Å². The molecule has 1 aromatic carbocycles. The fraction of sp³-hybridized carbons (Fsp3) is 0.652. The molecule has 0 atom stereocenters. The van der Waals surface area contributed by atoms with Gasteiger partial charge < -0.3 is 0 Å². The Hall–Kier alpha value is -0.590. The van der Waals surface area contributed by atoms with Gasteiger partial charge in [0.25, 0.3) is 0 Å². The number of halogens is 1. The number of alkyl halides is 3. The van der Waals surface area contributed by atoms with Crippen LogP contribution in [0.4, 0.5) is 0 Å². The molecule has 3 nitrogen and oxygen atoms in total. The molecule has 2 N–H and O–H groups in total. The van der Waals surface area contributed by atoms with Crippen LogP contribution in [-0.2, 0) is 6.54 Å². The third-order valence-electron chi connectivity index (χ3n) is 6.91. The Morgan fingerprint density at radius 2 is 1.67 bits per heavy atom. The Morgan fingerprint density at radius 3 is 2.30 bits per heavy atom. The molecule has 1 saturated heterocycles. The molecule has 2 fully saturated rings. The Labute approximate surface area is 172 Å². The molecular weight excluding hydrogens is 445 g/mol. The Kier molecular flexibility index (Phi) is 6.15. The summed E-state index contributed by atoms with van der Waals surface area (Å²) in [5.41, 5.74) is 10.1. The molecule has 27 heavy (non-hydrogen) atoms. The topological polar surface area (TPSA) is 34.2 Å². The van der Waals surface area contributed by atoms with Gasteiger partial charge in [-0.05, 0) is 6.92 Å². The Bertz CT molecular complexity index is 765. The third-order valence-corrected chi connectivity index (χ3v) is 11.7. The van der Waals surface area contributed by atoms with Crippen LogP contribution in [0.25, 0.3) is 10.9 Å². The molecule has 0 spiro atoms. The van der Waals surface area contributed by atoms with Gasteiger partial charge in [0.15, 0.2) is 0 Å². The molecule has 4 heteroatoms. The van der Waals surface area contributed by atoms with Gasteiger partial charge in [-0.3, -0.25) is 0 Å². The Balaban J connectivity index is 1.43. The van der Waals surface area contributed by atoms with Crippen LogP contribution in [0, 0.1) is 6.92 Å². The van der Waals surface area contributed by atoms with Crippen molar-refractivity contribution in [1.29, 1.82) is 0 Å². The zero-order chi connectivity index (χ0) is 19.0. The van der Waals surface area contributed by atoms with Crippen LogP contribution >= 0.6 is 19.8 Å². The average molecular weight is 481 g/mol. The second-order valence-corrected chi connectivity index (χ2v) is 15.2. The van der Waals surface area contributed by atoms with Crippen molar-refractivity contribution in [3.8, 4) is 0 Å². The van der Waals surface area contributed by atoms with E-state index in [4.69, 9.17) is 5.73 Å². The minimum absolute atomic E-state index is 0.602. The van der Waals surface area contributed by atoms with Gasteiger partial charge in [-0.2, -0.15) is 0 Å². The number of benzene rings is 1. The van der Waals surface area contributed by atoms with E-state index < -0.39 is 19.8 Å². The number of rotatable bonds is 4. The molecule has 1 aliphatic heterocycles. The van der Waals surface area contributed by atoms with Gasteiger partial charge in [-0.15, -0.1) is 0 Å². The van der Waals surface area contributed by atoms with Gasteiger partial charge in [0.05, 0.1) is 0 Å². The van der Waals surface area contributed by atoms with Crippen LogP contribution in [-0.4, -0.2) is 42.4 Å². The Morgan fingerprint density at radius 1 is 0.963 bits per heavy atom. The first kappa shape index (κ1) is 19.7. The molecular formula is C23H36IN3. The van der Waals surface area contributed by atoms with E-state index in [1.165, 1.54) is 73.8 Å². The third kappa shape index (κ3) is 4.08. The van der Waals surface area contributed by atoms with Crippen molar-refractivity contribution in [3.05, 3.63) is 35.5 Å². The molecule has 4 rings (SSSR count). The number of aromatic nitrogens is 1. The van der Waals surface area contributed by atoms with Crippen molar-refractivity contribution in [2.75, 3.05) is 23.0 Å². The van der Waals surface area contributed by atoms with E-state index in [9.17, 15) is 0 Å². The fourth-order valence-electron chi connectivity index (χ4n) is 5.35. The molecule has 150 valence electrons. The first-order valence-corrected chi connectivity index (χ1v) is 16.2.